The third-order valence-corrected chi connectivity index (χ3v) is 3.52. The molecule has 4 heteroatoms. The van der Waals surface area contributed by atoms with Gasteiger partial charge in [-0.05, 0) is 26.9 Å². The number of nitrogens with zero attached hydrogens (tertiary/aromatic N) is 3. The molecule has 1 heterocycles. The van der Waals surface area contributed by atoms with Crippen molar-refractivity contribution in [1.29, 1.82) is 0 Å². The smallest absolute Gasteiger partial charge is 0.144 e. The molecule has 0 aliphatic heterocycles. The van der Waals surface area contributed by atoms with Gasteiger partial charge in [-0.1, -0.05) is 12.8 Å². The summed E-state index contributed by atoms with van der Waals surface area (Å²) in [7, 11) is 4.31. The standard InChI is InChI=1S/C13H22N4/c1-17(2)11-13(5-3-4-6-13)10-16-12-9-14-7-8-15-12/h7-9H,3-6,10-11H2,1-2H3,(H,15,16). The summed E-state index contributed by atoms with van der Waals surface area (Å²) in [6.45, 7) is 2.16. The summed E-state index contributed by atoms with van der Waals surface area (Å²) in [4.78, 5) is 10.6. The molecule has 1 aromatic heterocycles. The Balaban J connectivity index is 1.94. The van der Waals surface area contributed by atoms with Gasteiger partial charge in [0.1, 0.15) is 5.82 Å². The van der Waals surface area contributed by atoms with E-state index in [4.69, 9.17) is 0 Å². The zero-order valence-corrected chi connectivity index (χ0v) is 10.8. The van der Waals surface area contributed by atoms with Crippen LogP contribution in [0.2, 0.25) is 0 Å². The Labute approximate surface area is 103 Å². The predicted octanol–water partition coefficient (Wildman–Crippen LogP) is 2.01. The summed E-state index contributed by atoms with van der Waals surface area (Å²) in [5.74, 6) is 0.887. The zero-order chi connectivity index (χ0) is 12.1. The monoisotopic (exact) mass is 234 g/mol. The second kappa shape index (κ2) is 5.45. The summed E-state index contributed by atoms with van der Waals surface area (Å²) < 4.78 is 0. The van der Waals surface area contributed by atoms with Gasteiger partial charge in [0.05, 0.1) is 6.20 Å². The molecule has 94 valence electrons. The van der Waals surface area contributed by atoms with Crippen LogP contribution in [-0.2, 0) is 0 Å². The quantitative estimate of drug-likeness (QED) is 0.846. The van der Waals surface area contributed by atoms with E-state index in [9.17, 15) is 0 Å². The third-order valence-electron chi connectivity index (χ3n) is 3.52. The van der Waals surface area contributed by atoms with Gasteiger partial charge in [0, 0.05) is 30.9 Å². The predicted molar refractivity (Wildman–Crippen MR) is 70.0 cm³/mol. The van der Waals surface area contributed by atoms with Crippen LogP contribution < -0.4 is 5.32 Å². The van der Waals surface area contributed by atoms with Gasteiger partial charge in [0.15, 0.2) is 0 Å². The van der Waals surface area contributed by atoms with Crippen molar-refractivity contribution >= 4 is 5.82 Å². The molecule has 1 aromatic rings. The Hall–Kier alpha value is -1.16. The highest BCUT2D eigenvalue weighted by molar-refractivity contribution is 5.30. The Morgan fingerprint density at radius 3 is 2.65 bits per heavy atom. The molecule has 0 atom stereocenters. The molecule has 1 saturated carbocycles. The summed E-state index contributed by atoms with van der Waals surface area (Å²) in [6, 6.07) is 0. The maximum absolute atomic E-state index is 4.26. The second-order valence-corrected chi connectivity index (χ2v) is 5.39. The van der Waals surface area contributed by atoms with Crippen LogP contribution in [0, 0.1) is 5.41 Å². The van der Waals surface area contributed by atoms with E-state index in [0.29, 0.717) is 5.41 Å². The first-order valence-corrected chi connectivity index (χ1v) is 6.35. The molecule has 0 unspecified atom stereocenters. The van der Waals surface area contributed by atoms with Crippen LogP contribution in [0.4, 0.5) is 5.82 Å². The van der Waals surface area contributed by atoms with Crippen LogP contribution in [0.25, 0.3) is 0 Å². The first kappa shape index (κ1) is 12.3. The Bertz CT molecular complexity index is 331. The molecule has 0 amide bonds. The van der Waals surface area contributed by atoms with Crippen molar-refractivity contribution in [2.45, 2.75) is 25.7 Å². The number of aromatic nitrogens is 2. The van der Waals surface area contributed by atoms with Crippen molar-refractivity contribution in [3.8, 4) is 0 Å². The fourth-order valence-corrected chi connectivity index (χ4v) is 2.86. The number of rotatable bonds is 5. The van der Waals surface area contributed by atoms with Crippen LogP contribution in [0.3, 0.4) is 0 Å². The highest BCUT2D eigenvalue weighted by Crippen LogP contribution is 2.38. The van der Waals surface area contributed by atoms with Crippen molar-refractivity contribution in [2.75, 3.05) is 32.5 Å². The van der Waals surface area contributed by atoms with Crippen molar-refractivity contribution in [1.82, 2.24) is 14.9 Å². The van der Waals surface area contributed by atoms with Gasteiger partial charge in [-0.25, -0.2) is 4.98 Å². The molecule has 1 fully saturated rings. The average molecular weight is 234 g/mol. The van der Waals surface area contributed by atoms with E-state index in [2.05, 4.69) is 34.3 Å². The maximum atomic E-state index is 4.26. The van der Waals surface area contributed by atoms with Gasteiger partial charge < -0.3 is 10.2 Å². The van der Waals surface area contributed by atoms with E-state index in [0.717, 1.165) is 18.9 Å². The SMILES string of the molecule is CN(C)CC1(CNc2cnccn2)CCCC1. The summed E-state index contributed by atoms with van der Waals surface area (Å²) in [6.07, 6.45) is 10.6. The first-order chi connectivity index (χ1) is 8.20. The number of hydrogen-bond donors (Lipinski definition) is 1. The lowest BCUT2D eigenvalue weighted by molar-refractivity contribution is 0.215. The van der Waals surface area contributed by atoms with Gasteiger partial charge in [0.25, 0.3) is 0 Å². The molecule has 0 aromatic carbocycles. The van der Waals surface area contributed by atoms with Crippen molar-refractivity contribution in [3.63, 3.8) is 0 Å². The minimum Gasteiger partial charge on any atom is -0.368 e. The highest BCUT2D eigenvalue weighted by Gasteiger charge is 2.34. The topological polar surface area (TPSA) is 41.0 Å². The Kier molecular flexibility index (Phi) is 3.94. The molecule has 0 spiro atoms. The van der Waals surface area contributed by atoms with E-state index in [1.54, 1.807) is 18.6 Å². The summed E-state index contributed by atoms with van der Waals surface area (Å²) in [5.41, 5.74) is 0.418. The van der Waals surface area contributed by atoms with Gasteiger partial charge in [-0.2, -0.15) is 0 Å². The Morgan fingerprint density at radius 1 is 1.29 bits per heavy atom. The zero-order valence-electron chi connectivity index (χ0n) is 10.8. The van der Waals surface area contributed by atoms with E-state index in [1.165, 1.54) is 25.7 Å². The second-order valence-electron chi connectivity index (χ2n) is 5.39. The lowest BCUT2D eigenvalue weighted by Gasteiger charge is -2.32. The molecule has 1 aliphatic carbocycles. The molecule has 1 N–H and O–H groups in total. The average Bonchev–Trinajstić information content (AvgIpc) is 2.76. The molecule has 1 aliphatic rings. The largest absolute Gasteiger partial charge is 0.368 e. The minimum absolute atomic E-state index is 0.418. The molecule has 0 radical (unpaired) electrons. The van der Waals surface area contributed by atoms with E-state index < -0.39 is 0 Å². The summed E-state index contributed by atoms with van der Waals surface area (Å²) in [5, 5.41) is 3.43. The van der Waals surface area contributed by atoms with Crippen LogP contribution in [0.5, 0.6) is 0 Å². The molecule has 0 saturated heterocycles. The Morgan fingerprint density at radius 2 is 2.06 bits per heavy atom. The molecular formula is C13H22N4. The van der Waals surface area contributed by atoms with Gasteiger partial charge in [0.2, 0.25) is 0 Å². The van der Waals surface area contributed by atoms with Crippen LogP contribution in [0.15, 0.2) is 18.6 Å². The number of nitrogens with one attached hydrogen (secondary N) is 1. The molecular weight excluding hydrogens is 212 g/mol. The van der Waals surface area contributed by atoms with E-state index in [1.807, 2.05) is 0 Å². The van der Waals surface area contributed by atoms with Gasteiger partial charge in [-0.3, -0.25) is 4.98 Å². The normalized spacial score (nSPS) is 18.5. The van der Waals surface area contributed by atoms with E-state index in [-0.39, 0.29) is 0 Å². The minimum atomic E-state index is 0.418. The van der Waals surface area contributed by atoms with Gasteiger partial charge >= 0.3 is 0 Å². The lowest BCUT2D eigenvalue weighted by Crippen LogP contribution is -2.37. The van der Waals surface area contributed by atoms with Gasteiger partial charge in [-0.15, -0.1) is 0 Å². The summed E-state index contributed by atoms with van der Waals surface area (Å²) >= 11 is 0. The van der Waals surface area contributed by atoms with Crippen molar-refractivity contribution in [3.05, 3.63) is 18.6 Å². The first-order valence-electron chi connectivity index (χ1n) is 6.35. The van der Waals surface area contributed by atoms with Crippen LogP contribution >= 0.6 is 0 Å². The van der Waals surface area contributed by atoms with Crippen LogP contribution in [-0.4, -0.2) is 42.1 Å². The fourth-order valence-electron chi connectivity index (χ4n) is 2.86. The highest BCUT2D eigenvalue weighted by atomic mass is 15.1. The third kappa shape index (κ3) is 3.40. The molecule has 2 rings (SSSR count). The number of hydrogen-bond acceptors (Lipinski definition) is 4. The van der Waals surface area contributed by atoms with Crippen LogP contribution in [0.1, 0.15) is 25.7 Å². The lowest BCUT2D eigenvalue weighted by atomic mass is 9.85. The molecule has 4 nitrogen and oxygen atoms in total. The van der Waals surface area contributed by atoms with Crippen molar-refractivity contribution < 1.29 is 0 Å². The van der Waals surface area contributed by atoms with Crippen molar-refractivity contribution in [2.24, 2.45) is 5.41 Å². The number of anilines is 1. The molecule has 17 heavy (non-hydrogen) atoms. The molecule has 0 bridgehead atoms. The fraction of sp³-hybridized carbons (Fsp3) is 0.692. The van der Waals surface area contributed by atoms with E-state index >= 15 is 0 Å². The maximum Gasteiger partial charge on any atom is 0.144 e.